The first-order valence-electron chi connectivity index (χ1n) is 13.6. The molecule has 39 heavy (non-hydrogen) atoms. The maximum Gasteiger partial charge on any atom is 0.234 e. The van der Waals surface area contributed by atoms with Crippen LogP contribution in [0.3, 0.4) is 0 Å². The quantitative estimate of drug-likeness (QED) is 0.407. The minimum atomic E-state index is -1.35. The number of carbonyl (C=O) groups excluding carboxylic acids is 2. The van der Waals surface area contributed by atoms with Crippen LogP contribution in [0.2, 0.25) is 5.02 Å². The van der Waals surface area contributed by atoms with E-state index < -0.39 is 30.3 Å². The number of amides is 2. The lowest BCUT2D eigenvalue weighted by Gasteiger charge is -2.40. The number of piperidine rings is 1. The Morgan fingerprint density at radius 3 is 2.67 bits per heavy atom. The molecule has 0 aliphatic carbocycles. The van der Waals surface area contributed by atoms with Crippen molar-refractivity contribution in [3.05, 3.63) is 22.3 Å². The molecule has 0 saturated carbocycles. The number of piperazine rings is 1. The van der Waals surface area contributed by atoms with Crippen LogP contribution in [-0.2, 0) is 9.59 Å². The predicted octanol–water partition coefficient (Wildman–Crippen LogP) is 0.673. The minimum absolute atomic E-state index is 0.0401. The number of carbonyl (C=O) groups is 2. The van der Waals surface area contributed by atoms with Crippen molar-refractivity contribution in [2.24, 2.45) is 22.7 Å². The van der Waals surface area contributed by atoms with Gasteiger partial charge in [-0.2, -0.15) is 0 Å². The normalized spacial score (nSPS) is 29.6. The molecule has 14 heteroatoms. The van der Waals surface area contributed by atoms with Gasteiger partial charge in [0, 0.05) is 70.5 Å². The van der Waals surface area contributed by atoms with Gasteiger partial charge in [-0.15, -0.1) is 4.91 Å². The van der Waals surface area contributed by atoms with Crippen LogP contribution in [0.1, 0.15) is 19.3 Å². The summed E-state index contributed by atoms with van der Waals surface area (Å²) in [5.41, 5.74) is 6.93. The van der Waals surface area contributed by atoms with E-state index in [1.807, 2.05) is 0 Å². The number of nitrogens with two attached hydrogens (primary N) is 1. The standard InChI is InChI=1S/C25H37ClFN9O3/c1-33-13-16(27)10-30-23(33)20(22(28)32-39)24(37)31-19-12-29-11-18(26)21(19)35-6-2-15(3-7-35)25(38)36-9-8-34-5-4-17(36)14-34/h11-12,15-17,20,22-23,30H,2-10,13-14,28H2,1H3,(H,31,37). The number of alkyl halides is 1. The molecule has 2 bridgehead atoms. The summed E-state index contributed by atoms with van der Waals surface area (Å²) in [6.45, 7) is 5.12. The monoisotopic (exact) mass is 565 g/mol. The molecular formula is C25H37ClFN9O3. The van der Waals surface area contributed by atoms with Gasteiger partial charge >= 0.3 is 0 Å². The number of hydrogen-bond donors (Lipinski definition) is 3. The summed E-state index contributed by atoms with van der Waals surface area (Å²) >= 11 is 6.58. The molecule has 4 aliphatic heterocycles. The number of nitrogens with one attached hydrogen (secondary N) is 2. The van der Waals surface area contributed by atoms with Crippen LogP contribution in [0, 0.1) is 16.7 Å². The number of pyridine rings is 1. The first-order valence-corrected chi connectivity index (χ1v) is 14.0. The first kappa shape index (κ1) is 28.1. The third kappa shape index (κ3) is 5.87. The summed E-state index contributed by atoms with van der Waals surface area (Å²) in [5, 5.41) is 9.08. The molecule has 4 saturated heterocycles. The van der Waals surface area contributed by atoms with E-state index in [1.54, 1.807) is 11.9 Å². The molecule has 0 radical (unpaired) electrons. The Bertz CT molecular complexity index is 1080. The van der Waals surface area contributed by atoms with Gasteiger partial charge in [-0.25, -0.2) is 4.39 Å². The fraction of sp³-hybridized carbons (Fsp3) is 0.720. The summed E-state index contributed by atoms with van der Waals surface area (Å²) < 4.78 is 13.9. The lowest BCUT2D eigenvalue weighted by molar-refractivity contribution is -0.139. The van der Waals surface area contributed by atoms with Gasteiger partial charge < -0.3 is 20.9 Å². The Kier molecular flexibility index (Phi) is 8.62. The molecule has 4 fully saturated rings. The van der Waals surface area contributed by atoms with Crippen molar-refractivity contribution in [1.29, 1.82) is 0 Å². The number of nitroso groups, excluding NO2 is 1. The average molecular weight is 566 g/mol. The van der Waals surface area contributed by atoms with Crippen LogP contribution >= 0.6 is 11.6 Å². The maximum absolute atomic E-state index is 13.9. The van der Waals surface area contributed by atoms with E-state index in [4.69, 9.17) is 17.3 Å². The van der Waals surface area contributed by atoms with Crippen LogP contribution in [0.15, 0.2) is 17.6 Å². The smallest absolute Gasteiger partial charge is 0.234 e. The van der Waals surface area contributed by atoms with Gasteiger partial charge in [-0.05, 0) is 26.3 Å². The van der Waals surface area contributed by atoms with Gasteiger partial charge in [0.25, 0.3) is 0 Å². The highest BCUT2D eigenvalue weighted by atomic mass is 35.5. The van der Waals surface area contributed by atoms with Gasteiger partial charge in [0.1, 0.15) is 12.1 Å². The van der Waals surface area contributed by atoms with Crippen molar-refractivity contribution in [1.82, 2.24) is 25.0 Å². The zero-order valence-electron chi connectivity index (χ0n) is 22.1. The van der Waals surface area contributed by atoms with Crippen LogP contribution in [0.5, 0.6) is 0 Å². The Hall–Kier alpha value is -2.45. The Balaban J connectivity index is 1.27. The van der Waals surface area contributed by atoms with Crippen molar-refractivity contribution in [3.8, 4) is 0 Å². The molecule has 4 aliphatic rings. The van der Waals surface area contributed by atoms with E-state index in [0.29, 0.717) is 48.4 Å². The van der Waals surface area contributed by atoms with E-state index in [0.717, 1.165) is 32.6 Å². The van der Waals surface area contributed by atoms with Crippen LogP contribution in [0.25, 0.3) is 0 Å². The summed E-state index contributed by atoms with van der Waals surface area (Å²) in [7, 11) is 1.66. The topological polar surface area (TPSA) is 140 Å². The third-order valence-corrected chi connectivity index (χ3v) is 8.84. The molecule has 0 spiro atoms. The van der Waals surface area contributed by atoms with E-state index >= 15 is 0 Å². The second-order valence-electron chi connectivity index (χ2n) is 11.1. The van der Waals surface area contributed by atoms with Crippen LogP contribution < -0.4 is 21.3 Å². The number of fused-ring (bicyclic) bond motifs is 2. The first-order chi connectivity index (χ1) is 18.8. The number of hydrogen-bond acceptors (Lipinski definition) is 10. The second-order valence-corrected chi connectivity index (χ2v) is 11.5. The number of anilines is 2. The molecular weight excluding hydrogens is 529 g/mol. The summed E-state index contributed by atoms with van der Waals surface area (Å²) in [6, 6.07) is 0.328. The molecule has 6 atom stereocenters. The van der Waals surface area contributed by atoms with E-state index in [-0.39, 0.29) is 24.9 Å². The van der Waals surface area contributed by atoms with Crippen molar-refractivity contribution in [2.45, 2.75) is 43.8 Å². The summed E-state index contributed by atoms with van der Waals surface area (Å²) in [4.78, 5) is 50.5. The molecule has 6 unspecified atom stereocenters. The highest BCUT2D eigenvalue weighted by Crippen LogP contribution is 2.37. The number of rotatable bonds is 7. The van der Waals surface area contributed by atoms with Gasteiger partial charge in [0.15, 0.2) is 6.17 Å². The summed E-state index contributed by atoms with van der Waals surface area (Å²) in [6.07, 6.45) is 2.30. The molecule has 214 valence electrons. The van der Waals surface area contributed by atoms with Crippen LogP contribution in [0.4, 0.5) is 15.8 Å². The van der Waals surface area contributed by atoms with Crippen molar-refractivity contribution in [3.63, 3.8) is 0 Å². The molecule has 2 amide bonds. The Morgan fingerprint density at radius 1 is 1.18 bits per heavy atom. The molecule has 1 aromatic rings. The van der Waals surface area contributed by atoms with E-state index in [9.17, 15) is 18.9 Å². The Morgan fingerprint density at radius 2 is 1.95 bits per heavy atom. The van der Waals surface area contributed by atoms with Crippen molar-refractivity contribution < 1.29 is 14.0 Å². The van der Waals surface area contributed by atoms with Crippen molar-refractivity contribution in [2.75, 3.05) is 69.6 Å². The fourth-order valence-corrected chi connectivity index (χ4v) is 6.76. The SMILES string of the molecule is CN1CC(F)CNC1C(C(=O)Nc1cncc(Cl)c1N1CCC(C(=O)N2CCN3CCC2C3)CC1)C(N)N=O. The van der Waals surface area contributed by atoms with Gasteiger partial charge in [0.05, 0.1) is 28.8 Å². The van der Waals surface area contributed by atoms with Crippen molar-refractivity contribution >= 4 is 34.8 Å². The fourth-order valence-electron chi connectivity index (χ4n) is 6.48. The second kappa shape index (κ2) is 12.0. The zero-order valence-corrected chi connectivity index (χ0v) is 22.9. The highest BCUT2D eigenvalue weighted by molar-refractivity contribution is 6.34. The summed E-state index contributed by atoms with van der Waals surface area (Å²) in [5.74, 6) is -1.42. The number of aromatic nitrogens is 1. The molecule has 0 aromatic carbocycles. The largest absolute Gasteiger partial charge is 0.369 e. The van der Waals surface area contributed by atoms with Crippen LogP contribution in [-0.4, -0.2) is 115 Å². The minimum Gasteiger partial charge on any atom is -0.369 e. The molecule has 4 N–H and O–H groups in total. The average Bonchev–Trinajstić information content (AvgIpc) is 3.30. The molecule has 5 heterocycles. The van der Waals surface area contributed by atoms with E-state index in [2.05, 4.69) is 35.5 Å². The lowest BCUT2D eigenvalue weighted by atomic mass is 9.93. The molecule has 1 aromatic heterocycles. The molecule has 5 rings (SSSR count). The lowest BCUT2D eigenvalue weighted by Crippen LogP contribution is -2.62. The number of nitrogens with zero attached hydrogens (tertiary/aromatic N) is 6. The van der Waals surface area contributed by atoms with Gasteiger partial charge in [0.2, 0.25) is 11.8 Å². The molecule has 12 nitrogen and oxygen atoms in total. The van der Waals surface area contributed by atoms with Gasteiger partial charge in [-0.1, -0.05) is 16.8 Å². The van der Waals surface area contributed by atoms with E-state index in [1.165, 1.54) is 12.4 Å². The zero-order chi connectivity index (χ0) is 27.7. The predicted molar refractivity (Wildman–Crippen MR) is 146 cm³/mol. The number of halogens is 2. The maximum atomic E-state index is 13.9. The highest BCUT2D eigenvalue weighted by Gasteiger charge is 2.41. The van der Waals surface area contributed by atoms with Gasteiger partial charge in [-0.3, -0.25) is 29.7 Å². The Labute approximate surface area is 232 Å². The third-order valence-electron chi connectivity index (χ3n) is 8.56.